The summed E-state index contributed by atoms with van der Waals surface area (Å²) in [6.45, 7) is 1.49. The summed E-state index contributed by atoms with van der Waals surface area (Å²) < 4.78 is 8.39. The number of hydrogen-bond acceptors (Lipinski definition) is 5. The van der Waals surface area contributed by atoms with E-state index in [0.717, 1.165) is 44.0 Å². The molecule has 0 spiro atoms. The second-order valence-corrected chi connectivity index (χ2v) is 8.62. The number of furan rings is 1. The second kappa shape index (κ2) is 8.20. The Morgan fingerprint density at radius 2 is 1.90 bits per heavy atom. The lowest BCUT2D eigenvalue weighted by Crippen LogP contribution is -2.47. The molecule has 31 heavy (non-hydrogen) atoms. The molecule has 0 unspecified atom stereocenters. The molecule has 3 aromatic rings. The molecule has 1 aliphatic carbocycles. The predicted octanol–water partition coefficient (Wildman–Crippen LogP) is 1.93. The number of rotatable bonds is 5. The molecule has 164 valence electrons. The minimum atomic E-state index is -0.241. The van der Waals surface area contributed by atoms with E-state index in [9.17, 15) is 14.4 Å². The molecule has 0 aromatic carbocycles. The highest BCUT2D eigenvalue weighted by atomic mass is 16.3. The van der Waals surface area contributed by atoms with Crippen LogP contribution in [0.25, 0.3) is 16.6 Å². The number of nitrogens with zero attached hydrogens (tertiary/aromatic N) is 4. The molecular weight excluding hydrogens is 398 g/mol. The van der Waals surface area contributed by atoms with Crippen molar-refractivity contribution in [3.05, 3.63) is 35.1 Å². The smallest absolute Gasteiger partial charge is 0.291 e. The number of aromatic nitrogens is 3. The fourth-order valence-electron chi connectivity index (χ4n) is 4.83. The normalized spacial score (nSPS) is 18.3. The SMILES string of the molecule is O=C(NC1CCN(C(=O)CCn2ncn3c(cc4occc43)c2=O)CC1)C1CCCC1. The number of nitrogens with one attached hydrogen (secondary N) is 1. The summed E-state index contributed by atoms with van der Waals surface area (Å²) in [5.41, 5.74) is 1.67. The molecule has 3 aromatic heterocycles. The lowest BCUT2D eigenvalue weighted by Gasteiger charge is -2.33. The van der Waals surface area contributed by atoms with Gasteiger partial charge in [0.1, 0.15) is 11.8 Å². The second-order valence-electron chi connectivity index (χ2n) is 8.62. The van der Waals surface area contributed by atoms with Crippen molar-refractivity contribution in [2.75, 3.05) is 13.1 Å². The summed E-state index contributed by atoms with van der Waals surface area (Å²) in [6, 6.07) is 3.64. The third kappa shape index (κ3) is 3.84. The average molecular weight is 425 g/mol. The number of likely N-dealkylation sites (tertiary alicyclic amines) is 1. The van der Waals surface area contributed by atoms with E-state index >= 15 is 0 Å². The molecule has 0 bridgehead atoms. The number of aryl methyl sites for hydroxylation is 1. The number of carbonyl (C=O) groups is 2. The lowest BCUT2D eigenvalue weighted by atomic mass is 10.0. The van der Waals surface area contributed by atoms with Crippen LogP contribution in [-0.2, 0) is 16.1 Å². The van der Waals surface area contributed by atoms with Crippen molar-refractivity contribution in [2.45, 2.75) is 57.5 Å². The van der Waals surface area contributed by atoms with Crippen LogP contribution in [0.5, 0.6) is 0 Å². The molecule has 1 saturated heterocycles. The summed E-state index contributed by atoms with van der Waals surface area (Å²) >= 11 is 0. The summed E-state index contributed by atoms with van der Waals surface area (Å²) in [5, 5.41) is 7.38. The molecule has 0 radical (unpaired) electrons. The van der Waals surface area contributed by atoms with Gasteiger partial charge in [0.15, 0.2) is 5.58 Å². The van der Waals surface area contributed by atoms with E-state index in [4.69, 9.17) is 4.42 Å². The summed E-state index contributed by atoms with van der Waals surface area (Å²) in [5.74, 6) is 0.366. The van der Waals surface area contributed by atoms with Gasteiger partial charge in [0.05, 0.1) is 18.3 Å². The first-order valence-electron chi connectivity index (χ1n) is 11.1. The highest BCUT2D eigenvalue weighted by Crippen LogP contribution is 2.25. The molecule has 2 aliphatic rings. The van der Waals surface area contributed by atoms with Crippen LogP contribution in [0.1, 0.15) is 44.9 Å². The number of carbonyl (C=O) groups excluding carboxylic acids is 2. The van der Waals surface area contributed by atoms with Crippen LogP contribution in [0, 0.1) is 5.92 Å². The maximum atomic E-state index is 12.7. The molecule has 1 aliphatic heterocycles. The molecule has 5 rings (SSSR count). The van der Waals surface area contributed by atoms with E-state index in [-0.39, 0.29) is 42.3 Å². The van der Waals surface area contributed by atoms with Crippen molar-refractivity contribution < 1.29 is 14.0 Å². The Morgan fingerprint density at radius 1 is 1.13 bits per heavy atom. The maximum absolute atomic E-state index is 12.7. The van der Waals surface area contributed by atoms with Crippen LogP contribution in [0.3, 0.4) is 0 Å². The predicted molar refractivity (Wildman–Crippen MR) is 114 cm³/mol. The fourth-order valence-corrected chi connectivity index (χ4v) is 4.83. The van der Waals surface area contributed by atoms with Crippen molar-refractivity contribution in [3.63, 3.8) is 0 Å². The monoisotopic (exact) mass is 425 g/mol. The molecule has 9 heteroatoms. The third-order valence-corrected chi connectivity index (χ3v) is 6.68. The zero-order valence-electron chi connectivity index (χ0n) is 17.5. The van der Waals surface area contributed by atoms with Crippen LogP contribution < -0.4 is 10.9 Å². The van der Waals surface area contributed by atoms with Gasteiger partial charge in [-0.15, -0.1) is 0 Å². The molecule has 1 saturated carbocycles. The summed E-state index contributed by atoms with van der Waals surface area (Å²) in [7, 11) is 0. The Bertz CT molecular complexity index is 1160. The Balaban J connectivity index is 1.15. The van der Waals surface area contributed by atoms with E-state index < -0.39 is 0 Å². The number of amides is 2. The number of hydrogen-bond donors (Lipinski definition) is 1. The van der Waals surface area contributed by atoms with Gasteiger partial charge in [0.25, 0.3) is 5.56 Å². The first-order chi connectivity index (χ1) is 15.1. The van der Waals surface area contributed by atoms with E-state index in [1.54, 1.807) is 29.1 Å². The number of fused-ring (bicyclic) bond motifs is 3. The van der Waals surface area contributed by atoms with E-state index in [1.807, 2.05) is 4.90 Å². The first kappa shape index (κ1) is 19.8. The fraction of sp³-hybridized carbons (Fsp3) is 0.545. The minimum Gasteiger partial charge on any atom is -0.463 e. The quantitative estimate of drug-likeness (QED) is 0.673. The van der Waals surface area contributed by atoms with Crippen molar-refractivity contribution in [2.24, 2.45) is 5.92 Å². The lowest BCUT2D eigenvalue weighted by molar-refractivity contribution is -0.132. The van der Waals surface area contributed by atoms with Crippen molar-refractivity contribution in [3.8, 4) is 0 Å². The van der Waals surface area contributed by atoms with Crippen LogP contribution in [0.2, 0.25) is 0 Å². The Hall–Kier alpha value is -3.10. The first-order valence-corrected chi connectivity index (χ1v) is 11.1. The van der Waals surface area contributed by atoms with E-state index in [2.05, 4.69) is 10.4 Å². The van der Waals surface area contributed by atoms with E-state index in [0.29, 0.717) is 24.2 Å². The molecule has 4 heterocycles. The Kier molecular flexibility index (Phi) is 5.25. The third-order valence-electron chi connectivity index (χ3n) is 6.68. The molecule has 0 atom stereocenters. The molecule has 2 fully saturated rings. The number of piperidine rings is 1. The van der Waals surface area contributed by atoms with Crippen molar-refractivity contribution in [1.29, 1.82) is 0 Å². The van der Waals surface area contributed by atoms with E-state index in [1.165, 1.54) is 4.68 Å². The van der Waals surface area contributed by atoms with Crippen LogP contribution in [-0.4, -0.2) is 50.0 Å². The maximum Gasteiger partial charge on any atom is 0.291 e. The van der Waals surface area contributed by atoms with Gasteiger partial charge in [-0.05, 0) is 25.7 Å². The van der Waals surface area contributed by atoms with Gasteiger partial charge >= 0.3 is 0 Å². The summed E-state index contributed by atoms with van der Waals surface area (Å²) in [6.07, 6.45) is 9.22. The standard InChI is InChI=1S/C22H27N5O4/c28-20(25-9-5-16(6-10-25)24-21(29)15-3-1-2-4-15)7-11-27-22(30)18-13-19-17(8-12-31-19)26(18)14-23-27/h8,12-16H,1-7,9-11H2,(H,24,29). The van der Waals surface area contributed by atoms with Crippen molar-refractivity contribution >= 4 is 28.4 Å². The largest absolute Gasteiger partial charge is 0.463 e. The Labute approximate surface area is 179 Å². The molecule has 2 amide bonds. The van der Waals surface area contributed by atoms with Gasteiger partial charge in [-0.2, -0.15) is 5.10 Å². The molecule has 1 N–H and O–H groups in total. The van der Waals surface area contributed by atoms with Crippen molar-refractivity contribution in [1.82, 2.24) is 24.4 Å². The van der Waals surface area contributed by atoms with Crippen LogP contribution in [0.4, 0.5) is 0 Å². The average Bonchev–Trinajstić information content (AvgIpc) is 3.52. The van der Waals surface area contributed by atoms with Gasteiger partial charge in [0, 0.05) is 43.6 Å². The van der Waals surface area contributed by atoms with Crippen LogP contribution >= 0.6 is 0 Å². The van der Waals surface area contributed by atoms with Gasteiger partial charge in [-0.25, -0.2) is 4.68 Å². The zero-order chi connectivity index (χ0) is 21.4. The zero-order valence-corrected chi connectivity index (χ0v) is 17.5. The van der Waals surface area contributed by atoms with Gasteiger partial charge in [0.2, 0.25) is 11.8 Å². The van der Waals surface area contributed by atoms with Gasteiger partial charge in [-0.1, -0.05) is 12.8 Å². The Morgan fingerprint density at radius 3 is 2.68 bits per heavy atom. The highest BCUT2D eigenvalue weighted by molar-refractivity contribution is 5.82. The summed E-state index contributed by atoms with van der Waals surface area (Å²) in [4.78, 5) is 39.5. The van der Waals surface area contributed by atoms with Gasteiger partial charge in [-0.3, -0.25) is 18.8 Å². The topological polar surface area (TPSA) is 102 Å². The minimum absolute atomic E-state index is 0.0123. The molecular formula is C22H27N5O4. The molecule has 9 nitrogen and oxygen atoms in total. The van der Waals surface area contributed by atoms with Gasteiger partial charge < -0.3 is 14.6 Å². The van der Waals surface area contributed by atoms with Crippen LogP contribution in [0.15, 0.2) is 33.9 Å². The highest BCUT2D eigenvalue weighted by Gasteiger charge is 2.28.